The number of ketones is 1. The van der Waals surface area contributed by atoms with E-state index in [-0.39, 0.29) is 11.7 Å². The SMILES string of the molecule is Cc1nc2cc(NC(=O)c3ccc4c(c3)C(=O)c3ccccc3-4)ccc2o1. The highest BCUT2D eigenvalue weighted by Crippen LogP contribution is 2.36. The van der Waals surface area contributed by atoms with Crippen LogP contribution in [0.1, 0.15) is 32.2 Å². The fourth-order valence-corrected chi connectivity index (χ4v) is 3.49. The van der Waals surface area contributed by atoms with Gasteiger partial charge in [-0.25, -0.2) is 4.98 Å². The van der Waals surface area contributed by atoms with Crippen molar-refractivity contribution in [3.8, 4) is 11.1 Å². The molecule has 0 radical (unpaired) electrons. The molecule has 0 spiro atoms. The maximum Gasteiger partial charge on any atom is 0.255 e. The second kappa shape index (κ2) is 5.64. The van der Waals surface area contributed by atoms with Crippen LogP contribution in [-0.2, 0) is 0 Å². The number of amides is 1. The lowest BCUT2D eigenvalue weighted by atomic mass is 10.0. The summed E-state index contributed by atoms with van der Waals surface area (Å²) in [7, 11) is 0. The van der Waals surface area contributed by atoms with Gasteiger partial charge in [0.2, 0.25) is 0 Å². The van der Waals surface area contributed by atoms with Crippen molar-refractivity contribution in [3.63, 3.8) is 0 Å². The number of aryl methyl sites for hydroxylation is 1. The molecule has 0 aliphatic heterocycles. The third-order valence-corrected chi connectivity index (χ3v) is 4.74. The lowest BCUT2D eigenvalue weighted by Crippen LogP contribution is -2.12. The molecule has 5 nitrogen and oxygen atoms in total. The van der Waals surface area contributed by atoms with Crippen molar-refractivity contribution >= 4 is 28.5 Å². The quantitative estimate of drug-likeness (QED) is 0.503. The smallest absolute Gasteiger partial charge is 0.255 e. The van der Waals surface area contributed by atoms with Gasteiger partial charge < -0.3 is 9.73 Å². The van der Waals surface area contributed by atoms with E-state index >= 15 is 0 Å². The van der Waals surface area contributed by atoms with E-state index < -0.39 is 0 Å². The molecule has 0 saturated carbocycles. The Balaban J connectivity index is 1.46. The zero-order valence-electron chi connectivity index (χ0n) is 14.4. The Morgan fingerprint density at radius 1 is 0.926 bits per heavy atom. The molecule has 1 N–H and O–H groups in total. The summed E-state index contributed by atoms with van der Waals surface area (Å²) in [4.78, 5) is 29.6. The molecule has 4 aromatic rings. The van der Waals surface area contributed by atoms with Gasteiger partial charge in [0.25, 0.3) is 5.91 Å². The highest BCUT2D eigenvalue weighted by molar-refractivity contribution is 6.22. The van der Waals surface area contributed by atoms with Crippen LogP contribution in [0.3, 0.4) is 0 Å². The van der Waals surface area contributed by atoms with Gasteiger partial charge in [-0.15, -0.1) is 0 Å². The van der Waals surface area contributed by atoms with E-state index in [0.29, 0.717) is 39.4 Å². The van der Waals surface area contributed by atoms with Crippen molar-refractivity contribution in [1.29, 1.82) is 0 Å². The number of rotatable bonds is 2. The van der Waals surface area contributed by atoms with Crippen LogP contribution in [0.15, 0.2) is 65.1 Å². The Kier molecular flexibility index (Phi) is 3.24. The minimum Gasteiger partial charge on any atom is -0.441 e. The van der Waals surface area contributed by atoms with Crippen molar-refractivity contribution in [2.24, 2.45) is 0 Å². The Hall–Kier alpha value is -3.73. The number of benzene rings is 3. The number of anilines is 1. The first-order chi connectivity index (χ1) is 13.1. The molecule has 130 valence electrons. The van der Waals surface area contributed by atoms with E-state index in [1.54, 1.807) is 37.3 Å². The maximum atomic E-state index is 12.7. The molecule has 0 saturated heterocycles. The Bertz CT molecular complexity index is 1250. The number of fused-ring (bicyclic) bond motifs is 4. The first-order valence-corrected chi connectivity index (χ1v) is 8.57. The molecule has 0 atom stereocenters. The summed E-state index contributed by atoms with van der Waals surface area (Å²) in [5.74, 6) is 0.251. The van der Waals surface area contributed by atoms with E-state index in [2.05, 4.69) is 10.3 Å². The Morgan fingerprint density at radius 3 is 2.56 bits per heavy atom. The topological polar surface area (TPSA) is 72.2 Å². The van der Waals surface area contributed by atoms with Crippen molar-refractivity contribution < 1.29 is 14.0 Å². The van der Waals surface area contributed by atoms with Crippen molar-refractivity contribution in [3.05, 3.63) is 83.2 Å². The lowest BCUT2D eigenvalue weighted by molar-refractivity contribution is 0.102. The van der Waals surface area contributed by atoms with Gasteiger partial charge in [0.1, 0.15) is 5.52 Å². The van der Waals surface area contributed by atoms with E-state index in [0.717, 1.165) is 11.1 Å². The molecule has 1 aliphatic rings. The summed E-state index contributed by atoms with van der Waals surface area (Å²) < 4.78 is 5.44. The largest absolute Gasteiger partial charge is 0.441 e. The van der Waals surface area contributed by atoms with Gasteiger partial charge in [0.05, 0.1) is 0 Å². The third-order valence-electron chi connectivity index (χ3n) is 4.74. The van der Waals surface area contributed by atoms with Crippen LogP contribution in [0.25, 0.3) is 22.2 Å². The molecule has 1 aliphatic carbocycles. The van der Waals surface area contributed by atoms with Gasteiger partial charge in [0, 0.05) is 29.3 Å². The summed E-state index contributed by atoms with van der Waals surface area (Å²) in [5, 5.41) is 2.85. The molecule has 1 aromatic heterocycles. The number of carbonyl (C=O) groups is 2. The fourth-order valence-electron chi connectivity index (χ4n) is 3.49. The number of hydrogen-bond donors (Lipinski definition) is 1. The lowest BCUT2D eigenvalue weighted by Gasteiger charge is -2.07. The first kappa shape index (κ1) is 15.5. The maximum absolute atomic E-state index is 12.7. The normalized spacial score (nSPS) is 12.1. The zero-order valence-corrected chi connectivity index (χ0v) is 14.4. The van der Waals surface area contributed by atoms with E-state index in [1.807, 2.05) is 30.3 Å². The van der Waals surface area contributed by atoms with Crippen molar-refractivity contribution in [2.45, 2.75) is 6.92 Å². The average molecular weight is 354 g/mol. The number of carbonyl (C=O) groups excluding carboxylic acids is 2. The molecule has 5 heteroatoms. The number of hydrogen-bond acceptors (Lipinski definition) is 4. The second-order valence-electron chi connectivity index (χ2n) is 6.50. The molecule has 0 fully saturated rings. The monoisotopic (exact) mass is 354 g/mol. The van der Waals surface area contributed by atoms with Crippen LogP contribution < -0.4 is 5.32 Å². The molecular formula is C22H14N2O3. The van der Waals surface area contributed by atoms with E-state index in [4.69, 9.17) is 4.42 Å². The summed E-state index contributed by atoms with van der Waals surface area (Å²) in [6.45, 7) is 1.78. The molecule has 0 bridgehead atoms. The van der Waals surface area contributed by atoms with Crippen LogP contribution in [0.5, 0.6) is 0 Å². The van der Waals surface area contributed by atoms with Gasteiger partial charge in [-0.05, 0) is 41.5 Å². The Labute approximate surface area is 154 Å². The minimum atomic E-state index is -0.277. The van der Waals surface area contributed by atoms with Gasteiger partial charge in [-0.1, -0.05) is 30.3 Å². The average Bonchev–Trinajstić information content (AvgIpc) is 3.18. The van der Waals surface area contributed by atoms with Gasteiger partial charge >= 0.3 is 0 Å². The molecule has 5 rings (SSSR count). The van der Waals surface area contributed by atoms with E-state index in [9.17, 15) is 9.59 Å². The van der Waals surface area contributed by atoms with Crippen molar-refractivity contribution in [1.82, 2.24) is 4.98 Å². The summed E-state index contributed by atoms with van der Waals surface area (Å²) >= 11 is 0. The van der Waals surface area contributed by atoms with Crippen molar-refractivity contribution in [2.75, 3.05) is 5.32 Å². The molecule has 1 amide bonds. The van der Waals surface area contributed by atoms with Crippen LogP contribution in [-0.4, -0.2) is 16.7 Å². The third kappa shape index (κ3) is 2.44. The van der Waals surface area contributed by atoms with Crippen LogP contribution in [0, 0.1) is 6.92 Å². The minimum absolute atomic E-state index is 0.0465. The standard InChI is InChI=1S/C22H14N2O3/c1-12-23-19-11-14(7-9-20(19)27-12)24-22(26)13-6-8-16-15-4-2-3-5-17(15)21(25)18(16)10-13/h2-11H,1H3,(H,24,26). The number of oxazole rings is 1. The summed E-state index contributed by atoms with van der Waals surface area (Å²) in [6.07, 6.45) is 0. The number of aromatic nitrogens is 1. The number of nitrogens with one attached hydrogen (secondary N) is 1. The Morgan fingerprint density at radius 2 is 1.70 bits per heavy atom. The molecule has 3 aromatic carbocycles. The number of nitrogens with zero attached hydrogens (tertiary/aromatic N) is 1. The molecule has 1 heterocycles. The summed E-state index contributed by atoms with van der Waals surface area (Å²) in [5.41, 5.74) is 5.44. The van der Waals surface area contributed by atoms with Crippen LogP contribution >= 0.6 is 0 Å². The van der Waals surface area contributed by atoms with Crippen LogP contribution in [0.2, 0.25) is 0 Å². The molecular weight excluding hydrogens is 340 g/mol. The summed E-state index contributed by atoms with van der Waals surface area (Å²) in [6, 6.07) is 18.0. The van der Waals surface area contributed by atoms with Crippen LogP contribution in [0.4, 0.5) is 5.69 Å². The van der Waals surface area contributed by atoms with Gasteiger partial charge in [0.15, 0.2) is 17.3 Å². The predicted octanol–water partition coefficient (Wildman–Crippen LogP) is 4.60. The first-order valence-electron chi connectivity index (χ1n) is 8.57. The van der Waals surface area contributed by atoms with Gasteiger partial charge in [-0.3, -0.25) is 9.59 Å². The fraction of sp³-hybridized carbons (Fsp3) is 0.0455. The predicted molar refractivity (Wildman–Crippen MR) is 102 cm³/mol. The van der Waals surface area contributed by atoms with Gasteiger partial charge in [-0.2, -0.15) is 0 Å². The second-order valence-corrected chi connectivity index (χ2v) is 6.50. The molecule has 27 heavy (non-hydrogen) atoms. The zero-order chi connectivity index (χ0) is 18.5. The highest BCUT2D eigenvalue weighted by atomic mass is 16.3. The highest BCUT2D eigenvalue weighted by Gasteiger charge is 2.27. The van der Waals surface area contributed by atoms with E-state index in [1.165, 1.54) is 0 Å². The molecule has 0 unspecified atom stereocenters.